The van der Waals surface area contributed by atoms with Crippen molar-refractivity contribution in [3.63, 3.8) is 0 Å². The number of aryl methyl sites for hydroxylation is 2. The number of hydrogen-bond acceptors (Lipinski definition) is 6. The molecule has 2 aromatic carbocycles. The van der Waals surface area contributed by atoms with Crippen LogP contribution < -0.4 is 15.5 Å². The number of benzene rings is 2. The monoisotopic (exact) mass is 519 g/mol. The number of esters is 1. The Kier molecular flexibility index (Phi) is 9.64. The van der Waals surface area contributed by atoms with E-state index in [4.69, 9.17) is 4.74 Å². The second kappa shape index (κ2) is 12.5. The summed E-state index contributed by atoms with van der Waals surface area (Å²) in [5.41, 5.74) is 6.55. The van der Waals surface area contributed by atoms with Crippen molar-refractivity contribution in [2.45, 2.75) is 85.1 Å². The van der Waals surface area contributed by atoms with E-state index in [1.54, 1.807) is 0 Å². The van der Waals surface area contributed by atoms with Crippen LogP contribution in [0.2, 0.25) is 0 Å². The number of rotatable bonds is 11. The fraction of sp³-hybridized carbons (Fsp3) is 0.500. The summed E-state index contributed by atoms with van der Waals surface area (Å²) in [6, 6.07) is 12.8. The summed E-state index contributed by atoms with van der Waals surface area (Å²) < 4.78 is 5.13. The highest BCUT2D eigenvalue weighted by atomic mass is 16.5. The summed E-state index contributed by atoms with van der Waals surface area (Å²) in [5, 5.41) is 7.04. The molecule has 6 heteroatoms. The highest BCUT2D eigenvalue weighted by Crippen LogP contribution is 2.31. The fourth-order valence-corrected chi connectivity index (χ4v) is 4.81. The number of anilines is 2. The van der Waals surface area contributed by atoms with E-state index >= 15 is 0 Å². The molecule has 0 saturated carbocycles. The predicted molar refractivity (Wildman–Crippen MR) is 157 cm³/mol. The lowest BCUT2D eigenvalue weighted by molar-refractivity contribution is -0.135. The lowest BCUT2D eigenvalue weighted by Crippen LogP contribution is -2.30. The molecule has 2 N–H and O–H groups in total. The molecule has 2 aromatic rings. The van der Waals surface area contributed by atoms with Crippen LogP contribution in [0.15, 0.2) is 47.8 Å². The Balaban J connectivity index is 2.02. The molecule has 0 amide bonds. The fourth-order valence-electron chi connectivity index (χ4n) is 4.81. The lowest BCUT2D eigenvalue weighted by Gasteiger charge is -2.27. The third-order valence-electron chi connectivity index (χ3n) is 7.20. The van der Waals surface area contributed by atoms with E-state index in [0.717, 1.165) is 53.7 Å². The van der Waals surface area contributed by atoms with Crippen LogP contribution in [0.5, 0.6) is 0 Å². The van der Waals surface area contributed by atoms with Gasteiger partial charge >= 0.3 is 5.97 Å². The van der Waals surface area contributed by atoms with Crippen molar-refractivity contribution in [3.05, 3.63) is 70.0 Å². The van der Waals surface area contributed by atoms with Gasteiger partial charge in [0.2, 0.25) is 5.78 Å². The first-order chi connectivity index (χ1) is 17.9. The quantitative estimate of drug-likeness (QED) is 0.149. The average Bonchev–Trinajstić information content (AvgIpc) is 3.19. The Labute approximate surface area is 228 Å². The molecule has 0 bridgehead atoms. The van der Waals surface area contributed by atoms with Crippen LogP contribution in [0, 0.1) is 13.8 Å². The van der Waals surface area contributed by atoms with E-state index in [1.165, 1.54) is 12.0 Å². The average molecular weight is 520 g/mol. The summed E-state index contributed by atoms with van der Waals surface area (Å²) in [6.07, 6.45) is 5.41. The molecule has 1 heterocycles. The minimum Gasteiger partial charge on any atom is -0.453 e. The van der Waals surface area contributed by atoms with Crippen molar-refractivity contribution in [3.8, 4) is 0 Å². The number of Topliss-reactive ketones (excluding diaryl/α,β-unsaturated/α-hetero) is 1. The number of ketones is 1. The molecule has 1 aliphatic heterocycles. The van der Waals surface area contributed by atoms with Gasteiger partial charge in [-0.2, -0.15) is 0 Å². The SMILES string of the molecule is CCCCCCC(NC(Nc1c(C)cc(N(C)C)cc1C)=C1C(=O)COC1=O)c1ccc(C(C)(C)C)cc1. The Morgan fingerprint density at radius 3 is 2.13 bits per heavy atom. The van der Waals surface area contributed by atoms with Gasteiger partial charge in [-0.15, -0.1) is 0 Å². The molecule has 3 rings (SSSR count). The zero-order valence-corrected chi connectivity index (χ0v) is 24.5. The number of cyclic esters (lactones) is 1. The maximum Gasteiger partial charge on any atom is 0.346 e. The molecule has 0 spiro atoms. The first-order valence-corrected chi connectivity index (χ1v) is 13.8. The van der Waals surface area contributed by atoms with Crippen LogP contribution in [0.4, 0.5) is 11.4 Å². The number of hydrogen-bond donors (Lipinski definition) is 2. The molecule has 0 aliphatic carbocycles. The third-order valence-corrected chi connectivity index (χ3v) is 7.20. The number of unbranched alkanes of at least 4 members (excludes halogenated alkanes) is 3. The van der Waals surface area contributed by atoms with Gasteiger partial charge in [-0.1, -0.05) is 77.6 Å². The van der Waals surface area contributed by atoms with Gasteiger partial charge in [0.05, 0.1) is 6.04 Å². The molecule has 206 valence electrons. The molecule has 1 fully saturated rings. The van der Waals surface area contributed by atoms with E-state index in [2.05, 4.69) is 79.6 Å². The molecular formula is C32H45N3O3. The van der Waals surface area contributed by atoms with Crippen LogP contribution in [-0.4, -0.2) is 32.5 Å². The van der Waals surface area contributed by atoms with Gasteiger partial charge in [0.1, 0.15) is 11.4 Å². The topological polar surface area (TPSA) is 70.7 Å². The van der Waals surface area contributed by atoms with Gasteiger partial charge in [-0.25, -0.2) is 4.79 Å². The van der Waals surface area contributed by atoms with Crippen LogP contribution in [-0.2, 0) is 19.7 Å². The highest BCUT2D eigenvalue weighted by molar-refractivity contribution is 6.22. The summed E-state index contributed by atoms with van der Waals surface area (Å²) >= 11 is 0. The molecule has 1 unspecified atom stereocenters. The maximum absolute atomic E-state index is 12.8. The number of nitrogens with zero attached hydrogens (tertiary/aromatic N) is 1. The molecule has 0 aromatic heterocycles. The second-order valence-corrected chi connectivity index (χ2v) is 11.6. The van der Waals surface area contributed by atoms with Crippen LogP contribution in [0.25, 0.3) is 0 Å². The Morgan fingerprint density at radius 2 is 1.63 bits per heavy atom. The van der Waals surface area contributed by atoms with E-state index in [9.17, 15) is 9.59 Å². The molecule has 38 heavy (non-hydrogen) atoms. The van der Waals surface area contributed by atoms with E-state index in [1.807, 2.05) is 27.9 Å². The summed E-state index contributed by atoms with van der Waals surface area (Å²) in [5.74, 6) is -0.474. The predicted octanol–water partition coefficient (Wildman–Crippen LogP) is 6.72. The first-order valence-electron chi connectivity index (χ1n) is 13.8. The zero-order chi connectivity index (χ0) is 28.0. The largest absolute Gasteiger partial charge is 0.453 e. The van der Waals surface area contributed by atoms with Crippen LogP contribution >= 0.6 is 0 Å². The van der Waals surface area contributed by atoms with Gasteiger partial charge in [0.15, 0.2) is 6.61 Å². The standard InChI is InChI=1S/C32H45N3O3/c1-9-10-11-12-13-26(23-14-16-24(17-15-23)32(4,5)6)33-30(28-27(36)20-38-31(28)37)34-29-21(2)18-25(35(7)8)19-22(29)3/h14-19,26,33-34H,9-13,20H2,1-8H3. The van der Waals surface area contributed by atoms with Crippen molar-refractivity contribution < 1.29 is 14.3 Å². The number of ether oxygens (including phenoxy) is 1. The second-order valence-electron chi connectivity index (χ2n) is 11.6. The summed E-state index contributed by atoms with van der Waals surface area (Å²) in [6.45, 7) is 12.7. The van der Waals surface area contributed by atoms with Crippen LogP contribution in [0.1, 0.15) is 88.1 Å². The Morgan fingerprint density at radius 1 is 1.00 bits per heavy atom. The normalized spacial score (nSPS) is 15.8. The molecule has 1 atom stereocenters. The van der Waals surface area contributed by atoms with Gasteiger partial charge in [-0.3, -0.25) is 4.79 Å². The van der Waals surface area contributed by atoms with Crippen molar-refractivity contribution in [2.75, 3.05) is 30.9 Å². The van der Waals surface area contributed by atoms with Crippen molar-refractivity contribution >= 4 is 23.1 Å². The number of nitrogens with one attached hydrogen (secondary N) is 2. The lowest BCUT2D eigenvalue weighted by atomic mass is 9.86. The Bertz CT molecular complexity index is 1130. The van der Waals surface area contributed by atoms with E-state index in [-0.39, 0.29) is 29.4 Å². The van der Waals surface area contributed by atoms with Crippen molar-refractivity contribution in [2.24, 2.45) is 0 Å². The minimum atomic E-state index is -0.585. The number of carbonyl (C=O) groups excluding carboxylic acids is 2. The zero-order valence-electron chi connectivity index (χ0n) is 24.5. The molecular weight excluding hydrogens is 474 g/mol. The van der Waals surface area contributed by atoms with Gasteiger partial charge in [0, 0.05) is 25.5 Å². The molecule has 1 aliphatic rings. The van der Waals surface area contributed by atoms with Gasteiger partial charge in [0.25, 0.3) is 0 Å². The summed E-state index contributed by atoms with van der Waals surface area (Å²) in [7, 11) is 4.02. The minimum absolute atomic E-state index is 0.0605. The highest BCUT2D eigenvalue weighted by Gasteiger charge is 2.33. The summed E-state index contributed by atoms with van der Waals surface area (Å²) in [4.78, 5) is 27.6. The molecule has 0 radical (unpaired) electrons. The van der Waals surface area contributed by atoms with Crippen molar-refractivity contribution in [1.82, 2.24) is 5.32 Å². The van der Waals surface area contributed by atoms with Crippen molar-refractivity contribution in [1.29, 1.82) is 0 Å². The van der Waals surface area contributed by atoms with Gasteiger partial charge in [-0.05, 0) is 60.1 Å². The van der Waals surface area contributed by atoms with E-state index in [0.29, 0.717) is 5.82 Å². The maximum atomic E-state index is 12.8. The van der Waals surface area contributed by atoms with Crippen LogP contribution in [0.3, 0.4) is 0 Å². The molecule has 1 saturated heterocycles. The number of carbonyl (C=O) groups is 2. The molecule has 6 nitrogen and oxygen atoms in total. The first kappa shape index (κ1) is 29.3. The smallest absolute Gasteiger partial charge is 0.346 e. The van der Waals surface area contributed by atoms with E-state index < -0.39 is 5.97 Å². The van der Waals surface area contributed by atoms with Gasteiger partial charge < -0.3 is 20.3 Å². The third kappa shape index (κ3) is 7.18. The Hall–Kier alpha value is -3.28.